The first kappa shape index (κ1) is 14.8. The molecule has 1 aliphatic heterocycles. The number of hydrogen-bond donors (Lipinski definition) is 1. The highest BCUT2D eigenvalue weighted by Crippen LogP contribution is 2.32. The molecule has 0 bridgehead atoms. The Morgan fingerprint density at radius 2 is 2.26 bits per heavy atom. The molecule has 0 radical (unpaired) electrons. The van der Waals surface area contributed by atoms with E-state index in [4.69, 9.17) is 11.6 Å². The lowest BCUT2D eigenvalue weighted by molar-refractivity contribution is 0.400. The minimum Gasteiger partial charge on any atom is -0.310 e. The molecule has 0 spiro atoms. The number of nitrogens with one attached hydrogen (secondary N) is 1. The molecule has 2 unspecified atom stereocenters. The maximum Gasteiger partial charge on any atom is 0.150 e. The van der Waals surface area contributed by atoms with Crippen LogP contribution in [0.15, 0.2) is 18.2 Å². The molecule has 0 saturated carbocycles. The van der Waals surface area contributed by atoms with Crippen LogP contribution in [0.3, 0.4) is 0 Å². The van der Waals surface area contributed by atoms with Crippen molar-refractivity contribution < 1.29 is 12.8 Å². The Balaban J connectivity index is 2.27. The van der Waals surface area contributed by atoms with Crippen LogP contribution in [0.2, 0.25) is 5.02 Å². The quantitative estimate of drug-likeness (QED) is 0.930. The Kier molecular flexibility index (Phi) is 4.48. The van der Waals surface area contributed by atoms with Crippen LogP contribution in [0.25, 0.3) is 0 Å². The van der Waals surface area contributed by atoms with E-state index in [9.17, 15) is 12.8 Å². The summed E-state index contributed by atoms with van der Waals surface area (Å²) in [5, 5.41) is 3.35. The van der Waals surface area contributed by atoms with E-state index in [1.54, 1.807) is 12.1 Å². The molecule has 0 aliphatic carbocycles. The third-order valence-corrected chi connectivity index (χ3v) is 5.55. The summed E-state index contributed by atoms with van der Waals surface area (Å²) in [6.45, 7) is 2.68. The Hall–Kier alpha value is -0.650. The Labute approximate surface area is 118 Å². The van der Waals surface area contributed by atoms with Crippen LogP contribution in [0.1, 0.15) is 24.9 Å². The number of halogens is 2. The predicted octanol–water partition coefficient (Wildman–Crippen LogP) is 2.56. The van der Waals surface area contributed by atoms with Crippen LogP contribution >= 0.6 is 11.6 Å². The van der Waals surface area contributed by atoms with Gasteiger partial charge >= 0.3 is 0 Å². The van der Waals surface area contributed by atoms with Gasteiger partial charge in [-0.25, -0.2) is 12.8 Å². The number of sulfone groups is 1. The van der Waals surface area contributed by atoms with Crippen LogP contribution in [0.5, 0.6) is 0 Å². The largest absolute Gasteiger partial charge is 0.310 e. The van der Waals surface area contributed by atoms with E-state index in [0.29, 0.717) is 6.42 Å². The van der Waals surface area contributed by atoms with Gasteiger partial charge in [0.05, 0.1) is 16.5 Å². The summed E-state index contributed by atoms with van der Waals surface area (Å²) < 4.78 is 36.4. The zero-order valence-corrected chi connectivity index (χ0v) is 12.3. The second kappa shape index (κ2) is 5.77. The highest BCUT2D eigenvalue weighted by Gasteiger charge is 2.34. The fourth-order valence-corrected chi connectivity index (χ4v) is 4.60. The highest BCUT2D eigenvalue weighted by molar-refractivity contribution is 7.91. The number of benzene rings is 1. The average Bonchev–Trinajstić information content (AvgIpc) is 2.70. The van der Waals surface area contributed by atoms with Gasteiger partial charge in [0.1, 0.15) is 5.82 Å². The molecule has 1 aliphatic rings. The van der Waals surface area contributed by atoms with E-state index in [0.717, 1.165) is 12.1 Å². The Bertz CT molecular complexity index is 562. The third-order valence-electron chi connectivity index (χ3n) is 3.47. The van der Waals surface area contributed by atoms with E-state index < -0.39 is 15.7 Å². The van der Waals surface area contributed by atoms with Crippen molar-refractivity contribution in [2.75, 3.05) is 18.1 Å². The SMILES string of the molecule is CCNC(c1ccc(F)c(Cl)c1)C1CCS(=O)(=O)C1. The van der Waals surface area contributed by atoms with Gasteiger partial charge < -0.3 is 5.32 Å². The van der Waals surface area contributed by atoms with Crippen molar-refractivity contribution in [2.45, 2.75) is 19.4 Å². The average molecular weight is 306 g/mol. The smallest absolute Gasteiger partial charge is 0.150 e. The zero-order valence-electron chi connectivity index (χ0n) is 10.7. The first-order valence-electron chi connectivity index (χ1n) is 6.31. The van der Waals surface area contributed by atoms with Crippen molar-refractivity contribution in [2.24, 2.45) is 5.92 Å². The van der Waals surface area contributed by atoms with Crippen LogP contribution in [0.4, 0.5) is 4.39 Å². The van der Waals surface area contributed by atoms with E-state index >= 15 is 0 Å². The highest BCUT2D eigenvalue weighted by atomic mass is 35.5. The van der Waals surface area contributed by atoms with Crippen molar-refractivity contribution in [3.63, 3.8) is 0 Å². The van der Waals surface area contributed by atoms with Gasteiger partial charge in [0, 0.05) is 6.04 Å². The maximum atomic E-state index is 13.2. The number of rotatable bonds is 4. The molecule has 1 aromatic rings. The van der Waals surface area contributed by atoms with Gasteiger partial charge in [-0.1, -0.05) is 24.6 Å². The van der Waals surface area contributed by atoms with Crippen LogP contribution in [0, 0.1) is 11.7 Å². The van der Waals surface area contributed by atoms with E-state index in [2.05, 4.69) is 5.32 Å². The van der Waals surface area contributed by atoms with Crippen LogP contribution in [-0.2, 0) is 9.84 Å². The van der Waals surface area contributed by atoms with E-state index in [1.807, 2.05) is 6.92 Å². The Morgan fingerprint density at radius 3 is 2.79 bits per heavy atom. The van der Waals surface area contributed by atoms with Gasteiger partial charge in [0.15, 0.2) is 9.84 Å². The molecule has 106 valence electrons. The lowest BCUT2D eigenvalue weighted by atomic mass is 9.92. The second-order valence-electron chi connectivity index (χ2n) is 4.87. The minimum absolute atomic E-state index is 0.0199. The first-order chi connectivity index (χ1) is 8.93. The molecule has 1 aromatic carbocycles. The van der Waals surface area contributed by atoms with E-state index in [-0.39, 0.29) is 28.5 Å². The topological polar surface area (TPSA) is 46.2 Å². The lowest BCUT2D eigenvalue weighted by Gasteiger charge is -2.24. The molecule has 6 heteroatoms. The minimum atomic E-state index is -2.93. The monoisotopic (exact) mass is 305 g/mol. The van der Waals surface area contributed by atoms with Crippen molar-refractivity contribution in [3.8, 4) is 0 Å². The zero-order chi connectivity index (χ0) is 14.0. The summed E-state index contributed by atoms with van der Waals surface area (Å²) in [6, 6.07) is 4.47. The van der Waals surface area contributed by atoms with Crippen molar-refractivity contribution in [3.05, 3.63) is 34.6 Å². The van der Waals surface area contributed by atoms with Crippen LogP contribution < -0.4 is 5.32 Å². The molecule has 1 heterocycles. The number of hydrogen-bond acceptors (Lipinski definition) is 3. The molecule has 1 N–H and O–H groups in total. The molecule has 3 nitrogen and oxygen atoms in total. The third kappa shape index (κ3) is 3.46. The fourth-order valence-electron chi connectivity index (χ4n) is 2.57. The molecule has 1 saturated heterocycles. The summed E-state index contributed by atoms with van der Waals surface area (Å²) in [6.07, 6.45) is 0.634. The maximum absolute atomic E-state index is 13.2. The van der Waals surface area contributed by atoms with Gasteiger partial charge in [0.25, 0.3) is 0 Å². The lowest BCUT2D eigenvalue weighted by Crippen LogP contribution is -2.29. The molecule has 2 atom stereocenters. The molecule has 19 heavy (non-hydrogen) atoms. The van der Waals surface area contributed by atoms with Crippen molar-refractivity contribution >= 4 is 21.4 Å². The Morgan fingerprint density at radius 1 is 1.53 bits per heavy atom. The molecule has 1 fully saturated rings. The molecule has 0 aromatic heterocycles. The fraction of sp³-hybridized carbons (Fsp3) is 0.538. The van der Waals surface area contributed by atoms with Gasteiger partial charge in [-0.15, -0.1) is 0 Å². The van der Waals surface area contributed by atoms with Crippen molar-refractivity contribution in [1.29, 1.82) is 0 Å². The van der Waals surface area contributed by atoms with Gasteiger partial charge in [-0.05, 0) is 36.6 Å². The molecule has 0 amide bonds. The van der Waals surface area contributed by atoms with Gasteiger partial charge in [-0.2, -0.15) is 0 Å². The summed E-state index contributed by atoms with van der Waals surface area (Å²) in [5.74, 6) is -0.0279. The first-order valence-corrected chi connectivity index (χ1v) is 8.51. The molecular weight excluding hydrogens is 289 g/mol. The normalized spacial score (nSPS) is 23.4. The summed E-state index contributed by atoms with van der Waals surface area (Å²) in [4.78, 5) is 0. The van der Waals surface area contributed by atoms with Gasteiger partial charge in [-0.3, -0.25) is 0 Å². The molecule has 2 rings (SSSR count). The van der Waals surface area contributed by atoms with Crippen molar-refractivity contribution in [1.82, 2.24) is 5.32 Å². The van der Waals surface area contributed by atoms with Gasteiger partial charge in [0.2, 0.25) is 0 Å². The summed E-state index contributed by atoms with van der Waals surface area (Å²) >= 11 is 5.80. The molecular formula is C13H17ClFNO2S. The van der Waals surface area contributed by atoms with E-state index in [1.165, 1.54) is 6.07 Å². The van der Waals surface area contributed by atoms with Crippen LogP contribution in [-0.4, -0.2) is 26.5 Å². The standard InChI is InChI=1S/C13H17ClFNO2S/c1-2-16-13(10-5-6-19(17,18)8-10)9-3-4-12(15)11(14)7-9/h3-4,7,10,13,16H,2,5-6,8H2,1H3. The summed E-state index contributed by atoms with van der Waals surface area (Å²) in [5.41, 5.74) is 0.843. The predicted molar refractivity (Wildman–Crippen MR) is 74.6 cm³/mol. The second-order valence-corrected chi connectivity index (χ2v) is 7.51. The summed E-state index contributed by atoms with van der Waals surface area (Å²) in [7, 11) is -2.93.